The molecule has 2 aromatic carbocycles. The van der Waals surface area contributed by atoms with Crippen molar-refractivity contribution in [1.82, 2.24) is 4.90 Å². The number of nitrogens with zero attached hydrogens (tertiary/aromatic N) is 1. The van der Waals surface area contributed by atoms with Gasteiger partial charge < -0.3 is 14.8 Å². The highest BCUT2D eigenvalue weighted by Gasteiger charge is 2.18. The molecule has 0 bridgehead atoms. The van der Waals surface area contributed by atoms with Gasteiger partial charge in [0.2, 0.25) is 5.91 Å². The Morgan fingerprint density at radius 1 is 1.10 bits per heavy atom. The van der Waals surface area contributed by atoms with Crippen molar-refractivity contribution in [3.05, 3.63) is 46.9 Å². The first-order chi connectivity index (χ1) is 13.9. The highest BCUT2D eigenvalue weighted by atomic mass is 79.9. The number of hydrogen-bond acceptors (Lipinski definition) is 6. The lowest BCUT2D eigenvalue weighted by atomic mass is 10.2. The third kappa shape index (κ3) is 5.94. The average molecular weight is 483 g/mol. The summed E-state index contributed by atoms with van der Waals surface area (Å²) < 4.78 is 36.8. The normalized spacial score (nSPS) is 13.3. The lowest BCUT2D eigenvalue weighted by Crippen LogP contribution is -2.36. The van der Waals surface area contributed by atoms with Crippen LogP contribution >= 0.6 is 15.9 Å². The smallest absolute Gasteiger partial charge is 0.238 e. The number of carbonyl (C=O) groups excluding carboxylic acids is 1. The fourth-order valence-corrected chi connectivity index (χ4v) is 4.43. The molecule has 0 atom stereocenters. The van der Waals surface area contributed by atoms with Crippen LogP contribution in [0.2, 0.25) is 0 Å². The van der Waals surface area contributed by atoms with Crippen molar-refractivity contribution in [2.45, 2.75) is 11.8 Å². The fourth-order valence-electron chi connectivity index (χ4n) is 2.88. The summed E-state index contributed by atoms with van der Waals surface area (Å²) in [6, 6.07) is 11.8. The van der Waals surface area contributed by atoms with Gasteiger partial charge in [-0.05, 0) is 42.9 Å². The number of fused-ring (bicyclic) bond motifs is 1. The van der Waals surface area contributed by atoms with E-state index in [9.17, 15) is 13.2 Å². The molecule has 1 amide bonds. The zero-order chi connectivity index (χ0) is 20.9. The summed E-state index contributed by atoms with van der Waals surface area (Å²) >= 11 is 3.30. The van der Waals surface area contributed by atoms with E-state index in [-0.39, 0.29) is 29.6 Å². The number of anilines is 1. The number of halogens is 1. The van der Waals surface area contributed by atoms with Gasteiger partial charge >= 0.3 is 0 Å². The molecular weight excluding hydrogens is 460 g/mol. The van der Waals surface area contributed by atoms with E-state index >= 15 is 0 Å². The summed E-state index contributed by atoms with van der Waals surface area (Å²) in [5.41, 5.74) is 0.609. The number of nitrogens with one attached hydrogen (secondary N) is 1. The van der Waals surface area contributed by atoms with Crippen molar-refractivity contribution in [3.63, 3.8) is 0 Å². The van der Waals surface area contributed by atoms with Gasteiger partial charge in [-0.2, -0.15) is 0 Å². The Morgan fingerprint density at radius 3 is 2.48 bits per heavy atom. The van der Waals surface area contributed by atoms with Crippen LogP contribution in [-0.2, 0) is 14.6 Å². The standard InChI is InChI=1S/C20H23BrN2O5S/c1-2-23(9-12-29(25,26)17-6-3-15(21)4-7-17)14-20(24)22-16-5-8-18-19(13-16)28-11-10-27-18/h3-8,13H,2,9-12,14H2,1H3,(H,22,24). The SMILES string of the molecule is CCN(CCS(=O)(=O)c1ccc(Br)cc1)CC(=O)Nc1ccc2c(c1)OCCO2. The molecule has 9 heteroatoms. The largest absolute Gasteiger partial charge is 0.486 e. The molecule has 3 rings (SSSR count). The second kappa shape index (κ2) is 9.60. The van der Waals surface area contributed by atoms with E-state index in [0.717, 1.165) is 4.47 Å². The first-order valence-electron chi connectivity index (χ1n) is 9.27. The third-order valence-corrected chi connectivity index (χ3v) is 6.73. The van der Waals surface area contributed by atoms with E-state index in [1.54, 1.807) is 47.4 Å². The molecule has 0 radical (unpaired) electrons. The van der Waals surface area contributed by atoms with Gasteiger partial charge in [0.1, 0.15) is 13.2 Å². The summed E-state index contributed by atoms with van der Waals surface area (Å²) in [5.74, 6) is 0.980. The summed E-state index contributed by atoms with van der Waals surface area (Å²) in [6.07, 6.45) is 0. The molecule has 0 spiro atoms. The Bertz CT molecular complexity index is 963. The minimum absolute atomic E-state index is 0.0558. The van der Waals surface area contributed by atoms with Crippen LogP contribution in [0.4, 0.5) is 5.69 Å². The van der Waals surface area contributed by atoms with E-state index in [2.05, 4.69) is 21.2 Å². The van der Waals surface area contributed by atoms with Gasteiger partial charge in [-0.15, -0.1) is 0 Å². The molecule has 7 nitrogen and oxygen atoms in total. The van der Waals surface area contributed by atoms with Crippen molar-refractivity contribution in [2.75, 3.05) is 43.9 Å². The average Bonchev–Trinajstić information content (AvgIpc) is 2.71. The number of carbonyl (C=O) groups is 1. The van der Waals surface area contributed by atoms with E-state index in [1.807, 2.05) is 6.92 Å². The monoisotopic (exact) mass is 482 g/mol. The molecular formula is C20H23BrN2O5S. The van der Waals surface area contributed by atoms with Crippen LogP contribution in [0.25, 0.3) is 0 Å². The highest BCUT2D eigenvalue weighted by molar-refractivity contribution is 9.10. The maximum atomic E-state index is 12.5. The molecule has 0 aromatic heterocycles. The molecule has 0 unspecified atom stereocenters. The fraction of sp³-hybridized carbons (Fsp3) is 0.350. The van der Waals surface area contributed by atoms with Crippen molar-refractivity contribution in [3.8, 4) is 11.5 Å². The second-order valence-electron chi connectivity index (χ2n) is 6.55. The van der Waals surface area contributed by atoms with E-state index in [4.69, 9.17) is 9.47 Å². The number of benzene rings is 2. The second-order valence-corrected chi connectivity index (χ2v) is 9.57. The van der Waals surface area contributed by atoms with Crippen LogP contribution in [0.1, 0.15) is 6.92 Å². The van der Waals surface area contributed by atoms with Crippen molar-refractivity contribution in [2.24, 2.45) is 0 Å². The van der Waals surface area contributed by atoms with Gasteiger partial charge in [-0.25, -0.2) is 8.42 Å². The van der Waals surface area contributed by atoms with Crippen LogP contribution < -0.4 is 14.8 Å². The van der Waals surface area contributed by atoms with Gasteiger partial charge in [0.25, 0.3) is 0 Å². The van der Waals surface area contributed by atoms with Crippen LogP contribution in [0.15, 0.2) is 51.8 Å². The summed E-state index contributed by atoms with van der Waals surface area (Å²) in [6.45, 7) is 3.80. The van der Waals surface area contributed by atoms with Crippen LogP contribution in [-0.4, -0.2) is 57.8 Å². The van der Waals surface area contributed by atoms with Gasteiger partial charge in [-0.1, -0.05) is 22.9 Å². The Morgan fingerprint density at radius 2 is 1.79 bits per heavy atom. The number of ether oxygens (including phenoxy) is 2. The molecule has 0 fully saturated rings. The van der Waals surface area contributed by atoms with Gasteiger partial charge in [0.15, 0.2) is 21.3 Å². The minimum Gasteiger partial charge on any atom is -0.486 e. The van der Waals surface area contributed by atoms with Crippen LogP contribution in [0.5, 0.6) is 11.5 Å². The Labute approximate surface area is 179 Å². The molecule has 0 aliphatic carbocycles. The molecule has 0 saturated carbocycles. The van der Waals surface area contributed by atoms with Gasteiger partial charge in [-0.3, -0.25) is 9.69 Å². The van der Waals surface area contributed by atoms with Crippen LogP contribution in [0.3, 0.4) is 0 Å². The summed E-state index contributed by atoms with van der Waals surface area (Å²) in [7, 11) is -3.41. The third-order valence-electron chi connectivity index (χ3n) is 4.49. The van der Waals surface area contributed by atoms with Gasteiger partial charge in [0.05, 0.1) is 17.2 Å². The Balaban J connectivity index is 1.55. The molecule has 1 aliphatic heterocycles. The molecule has 0 saturated heterocycles. The molecule has 156 valence electrons. The predicted octanol–water partition coefficient (Wildman–Crippen LogP) is 2.95. The lowest BCUT2D eigenvalue weighted by Gasteiger charge is -2.21. The number of sulfone groups is 1. The number of amides is 1. The predicted molar refractivity (Wildman–Crippen MR) is 114 cm³/mol. The lowest BCUT2D eigenvalue weighted by molar-refractivity contribution is -0.117. The first kappa shape index (κ1) is 21.6. The number of likely N-dealkylation sites (N-methyl/N-ethyl adjacent to an activating group) is 1. The van der Waals surface area contributed by atoms with Crippen molar-refractivity contribution >= 4 is 37.4 Å². The van der Waals surface area contributed by atoms with Crippen LogP contribution in [0, 0.1) is 0 Å². The Kier molecular flexibility index (Phi) is 7.15. The zero-order valence-electron chi connectivity index (χ0n) is 16.1. The molecule has 1 heterocycles. The van der Waals surface area contributed by atoms with E-state index in [1.165, 1.54) is 0 Å². The molecule has 1 aliphatic rings. The number of rotatable bonds is 8. The maximum absolute atomic E-state index is 12.5. The number of hydrogen-bond donors (Lipinski definition) is 1. The topological polar surface area (TPSA) is 84.9 Å². The molecule has 1 N–H and O–H groups in total. The quantitative estimate of drug-likeness (QED) is 0.622. The van der Waals surface area contributed by atoms with Crippen molar-refractivity contribution in [1.29, 1.82) is 0 Å². The zero-order valence-corrected chi connectivity index (χ0v) is 18.5. The molecule has 2 aromatic rings. The van der Waals surface area contributed by atoms with Gasteiger partial charge in [0, 0.05) is 22.8 Å². The maximum Gasteiger partial charge on any atom is 0.238 e. The first-order valence-corrected chi connectivity index (χ1v) is 11.7. The Hall–Kier alpha value is -2.10. The van der Waals surface area contributed by atoms with E-state index in [0.29, 0.717) is 36.9 Å². The van der Waals surface area contributed by atoms with Crippen molar-refractivity contribution < 1.29 is 22.7 Å². The van der Waals surface area contributed by atoms with E-state index < -0.39 is 9.84 Å². The minimum atomic E-state index is -3.41. The molecule has 29 heavy (non-hydrogen) atoms. The highest BCUT2D eigenvalue weighted by Crippen LogP contribution is 2.32. The summed E-state index contributed by atoms with van der Waals surface area (Å²) in [4.78, 5) is 14.5. The summed E-state index contributed by atoms with van der Waals surface area (Å²) in [5, 5.41) is 2.82.